The van der Waals surface area contributed by atoms with E-state index in [9.17, 15) is 9.59 Å². The predicted molar refractivity (Wildman–Crippen MR) is 128 cm³/mol. The second-order valence-corrected chi connectivity index (χ2v) is 10.1. The van der Waals surface area contributed by atoms with Gasteiger partial charge in [-0.05, 0) is 55.5 Å². The van der Waals surface area contributed by atoms with Crippen molar-refractivity contribution < 1.29 is 9.59 Å². The summed E-state index contributed by atoms with van der Waals surface area (Å²) in [6.07, 6.45) is 1.12. The van der Waals surface area contributed by atoms with Crippen LogP contribution < -0.4 is 10.6 Å². The smallest absolute Gasteiger partial charge is 0.255 e. The molecule has 1 aliphatic carbocycles. The number of amides is 1. The van der Waals surface area contributed by atoms with E-state index in [0.717, 1.165) is 11.4 Å². The summed E-state index contributed by atoms with van der Waals surface area (Å²) >= 11 is 12.7. The van der Waals surface area contributed by atoms with Crippen molar-refractivity contribution in [1.29, 1.82) is 0 Å². The van der Waals surface area contributed by atoms with Gasteiger partial charge in [-0.25, -0.2) is 4.98 Å². The first-order valence-electron chi connectivity index (χ1n) is 10.5. The molecule has 1 amide bonds. The molecule has 2 heterocycles. The van der Waals surface area contributed by atoms with Gasteiger partial charge < -0.3 is 10.6 Å². The van der Waals surface area contributed by atoms with E-state index >= 15 is 0 Å². The molecule has 1 aromatic heterocycles. The van der Waals surface area contributed by atoms with Crippen molar-refractivity contribution in [2.45, 2.75) is 46.5 Å². The Kier molecular flexibility index (Phi) is 5.91. The van der Waals surface area contributed by atoms with Gasteiger partial charge in [0.2, 0.25) is 0 Å². The van der Waals surface area contributed by atoms with Gasteiger partial charge in [-0.3, -0.25) is 9.59 Å². The number of rotatable bonds is 3. The number of hydrogen-bond donors (Lipinski definition) is 2. The van der Waals surface area contributed by atoms with E-state index in [1.165, 1.54) is 0 Å². The summed E-state index contributed by atoms with van der Waals surface area (Å²) in [5, 5.41) is 7.15. The first kappa shape index (κ1) is 22.6. The zero-order chi connectivity index (χ0) is 23.2. The maximum atomic E-state index is 13.5. The van der Waals surface area contributed by atoms with Crippen molar-refractivity contribution in [2.75, 3.05) is 5.32 Å². The van der Waals surface area contributed by atoms with Gasteiger partial charge in [0.05, 0.1) is 0 Å². The number of nitrogens with one attached hydrogen (secondary N) is 2. The third-order valence-electron chi connectivity index (χ3n) is 5.89. The van der Waals surface area contributed by atoms with Crippen LogP contribution in [-0.4, -0.2) is 16.7 Å². The molecule has 5 nitrogen and oxygen atoms in total. The predicted octanol–water partition coefficient (Wildman–Crippen LogP) is 5.94. The molecule has 1 aliphatic heterocycles. The molecule has 1 aromatic carbocycles. The summed E-state index contributed by atoms with van der Waals surface area (Å²) in [5.74, 6) is -0.448. The van der Waals surface area contributed by atoms with Crippen LogP contribution in [0, 0.1) is 12.3 Å². The average Bonchev–Trinajstić information content (AvgIpc) is 2.66. The van der Waals surface area contributed by atoms with Gasteiger partial charge in [0, 0.05) is 50.6 Å². The molecule has 0 radical (unpaired) electrons. The zero-order valence-corrected chi connectivity index (χ0v) is 20.0. The average molecular weight is 470 g/mol. The van der Waals surface area contributed by atoms with E-state index in [1.54, 1.807) is 24.3 Å². The van der Waals surface area contributed by atoms with Gasteiger partial charge in [-0.2, -0.15) is 0 Å². The van der Waals surface area contributed by atoms with E-state index in [-0.39, 0.29) is 17.1 Å². The van der Waals surface area contributed by atoms with E-state index in [0.29, 0.717) is 51.1 Å². The number of carbonyl (C=O) groups is 2. The molecule has 1 atom stereocenters. The molecule has 0 bridgehead atoms. The monoisotopic (exact) mass is 469 g/mol. The maximum Gasteiger partial charge on any atom is 0.255 e. The summed E-state index contributed by atoms with van der Waals surface area (Å²) in [7, 11) is 0. The van der Waals surface area contributed by atoms with Gasteiger partial charge >= 0.3 is 0 Å². The largest absolute Gasteiger partial charge is 0.362 e. The van der Waals surface area contributed by atoms with Crippen LogP contribution in [0.1, 0.15) is 50.8 Å². The second-order valence-electron chi connectivity index (χ2n) is 9.21. The topological polar surface area (TPSA) is 71.1 Å². The van der Waals surface area contributed by atoms with E-state index < -0.39 is 5.92 Å². The quantitative estimate of drug-likeness (QED) is 0.583. The molecule has 0 spiro atoms. The highest BCUT2D eigenvalue weighted by atomic mass is 35.5. The molecule has 2 aromatic rings. The highest BCUT2D eigenvalue weighted by Crippen LogP contribution is 2.48. The Hall–Kier alpha value is -2.63. The third kappa shape index (κ3) is 4.32. The fourth-order valence-electron chi connectivity index (χ4n) is 4.58. The Morgan fingerprint density at radius 2 is 1.91 bits per heavy atom. The van der Waals surface area contributed by atoms with Gasteiger partial charge in [-0.1, -0.05) is 49.2 Å². The number of halogens is 2. The number of anilines is 1. The molecule has 0 saturated heterocycles. The minimum atomic E-state index is -0.593. The van der Waals surface area contributed by atoms with E-state index in [1.807, 2.05) is 26.0 Å². The minimum Gasteiger partial charge on any atom is -0.362 e. The SMILES string of the molecule is CC1=C(C(=O)Nc2cccc(C)n2)[C@H](c2ccc(Cl)cc2Cl)C2=C(CC(C)(C)CC2=O)N1. The summed E-state index contributed by atoms with van der Waals surface area (Å²) in [4.78, 5) is 31.2. The molecule has 2 N–H and O–H groups in total. The fraction of sp³-hybridized carbons (Fsp3) is 0.320. The van der Waals surface area contributed by atoms with Gasteiger partial charge in [-0.15, -0.1) is 0 Å². The van der Waals surface area contributed by atoms with Crippen LogP contribution in [0.2, 0.25) is 10.0 Å². The van der Waals surface area contributed by atoms with Crippen LogP contribution >= 0.6 is 23.2 Å². The Bertz CT molecular complexity index is 1200. The second kappa shape index (κ2) is 8.38. The van der Waals surface area contributed by atoms with Gasteiger partial charge in [0.1, 0.15) is 5.82 Å². The van der Waals surface area contributed by atoms with Crippen molar-refractivity contribution >= 4 is 40.7 Å². The van der Waals surface area contributed by atoms with Crippen molar-refractivity contribution in [3.8, 4) is 0 Å². The number of pyridine rings is 1. The number of dihydropyridines is 1. The number of ketones is 1. The van der Waals surface area contributed by atoms with Crippen molar-refractivity contribution in [3.05, 3.63) is 80.2 Å². The molecule has 0 fully saturated rings. The minimum absolute atomic E-state index is 0.0197. The third-order valence-corrected chi connectivity index (χ3v) is 6.45. The summed E-state index contributed by atoms with van der Waals surface area (Å²) < 4.78 is 0. The summed E-state index contributed by atoms with van der Waals surface area (Å²) in [5.41, 5.74) is 3.90. The highest BCUT2D eigenvalue weighted by Gasteiger charge is 2.43. The lowest BCUT2D eigenvalue weighted by Gasteiger charge is -2.39. The number of carbonyl (C=O) groups excluding carboxylic acids is 2. The van der Waals surface area contributed by atoms with Crippen LogP contribution in [0.15, 0.2) is 58.9 Å². The van der Waals surface area contributed by atoms with Crippen molar-refractivity contribution in [2.24, 2.45) is 5.41 Å². The Morgan fingerprint density at radius 1 is 1.16 bits per heavy atom. The lowest BCUT2D eigenvalue weighted by molar-refractivity contribution is -0.118. The summed E-state index contributed by atoms with van der Waals surface area (Å²) in [6, 6.07) is 10.6. The van der Waals surface area contributed by atoms with E-state index in [2.05, 4.69) is 29.5 Å². The lowest BCUT2D eigenvalue weighted by Crippen LogP contribution is -2.39. The molecule has 2 aliphatic rings. The standard InChI is InChI=1S/C25H25Cl2N3O2/c1-13-6-5-7-20(28-13)30-24(32)21-14(2)29-18-11-25(3,4)12-19(31)23(18)22(21)16-9-8-15(26)10-17(16)27/h5-10,22,29H,11-12H2,1-4H3,(H,28,30,32)/t22-/m0/s1. The molecule has 4 rings (SSSR count). The van der Waals surface area contributed by atoms with E-state index in [4.69, 9.17) is 23.2 Å². The Morgan fingerprint density at radius 3 is 2.59 bits per heavy atom. The number of benzene rings is 1. The normalized spacial score (nSPS) is 20.1. The van der Waals surface area contributed by atoms with Crippen LogP contribution in [-0.2, 0) is 9.59 Å². The van der Waals surface area contributed by atoms with Crippen LogP contribution in [0.4, 0.5) is 5.82 Å². The maximum absolute atomic E-state index is 13.5. The highest BCUT2D eigenvalue weighted by molar-refractivity contribution is 6.35. The number of allylic oxidation sites excluding steroid dienone is 3. The molecule has 166 valence electrons. The van der Waals surface area contributed by atoms with Crippen LogP contribution in [0.3, 0.4) is 0 Å². The van der Waals surface area contributed by atoms with Crippen molar-refractivity contribution in [3.63, 3.8) is 0 Å². The number of aryl methyl sites for hydroxylation is 1. The Labute approximate surface area is 197 Å². The van der Waals surface area contributed by atoms with Gasteiger partial charge in [0.25, 0.3) is 5.91 Å². The number of hydrogen-bond acceptors (Lipinski definition) is 4. The van der Waals surface area contributed by atoms with Crippen LogP contribution in [0.25, 0.3) is 0 Å². The molecule has 32 heavy (non-hydrogen) atoms. The number of Topliss-reactive ketones (excluding diaryl/α,β-unsaturated/α-hetero) is 1. The summed E-state index contributed by atoms with van der Waals surface area (Å²) in [6.45, 7) is 7.86. The zero-order valence-electron chi connectivity index (χ0n) is 18.5. The number of aromatic nitrogens is 1. The van der Waals surface area contributed by atoms with Gasteiger partial charge in [0.15, 0.2) is 5.78 Å². The molecular formula is C25H25Cl2N3O2. The molecule has 0 saturated carbocycles. The molecule has 0 unspecified atom stereocenters. The molecule has 7 heteroatoms. The fourth-order valence-corrected chi connectivity index (χ4v) is 5.10. The first-order valence-corrected chi connectivity index (χ1v) is 11.3. The number of nitrogens with zero attached hydrogens (tertiary/aromatic N) is 1. The first-order chi connectivity index (χ1) is 15.1. The molecular weight excluding hydrogens is 445 g/mol. The Balaban J connectivity index is 1.84. The van der Waals surface area contributed by atoms with Crippen LogP contribution in [0.5, 0.6) is 0 Å². The lowest BCUT2D eigenvalue weighted by atomic mass is 9.68. The van der Waals surface area contributed by atoms with Crippen molar-refractivity contribution in [1.82, 2.24) is 10.3 Å².